The van der Waals surface area contributed by atoms with E-state index in [2.05, 4.69) is 10.4 Å². The molecule has 2 aromatic carbocycles. The largest absolute Gasteiger partial charge is 0.487 e. The molecule has 5 nitrogen and oxygen atoms in total. The molecule has 1 N–H and O–H groups in total. The van der Waals surface area contributed by atoms with Crippen molar-refractivity contribution in [2.75, 3.05) is 0 Å². The molecule has 0 bridgehead atoms. The monoisotopic (exact) mass is 431 g/mol. The van der Waals surface area contributed by atoms with E-state index in [0.29, 0.717) is 28.0 Å². The number of aryl methyl sites for hydroxylation is 2. The standard InChI is InChI=1S/C22H23Cl2N3O2/c1-4-27-12-19(15(3)26-27)14(2)25-22(28)17-7-5-16(6-8-17)13-29-21-10-9-18(23)11-20(21)24/h5-12,14H,4,13H2,1-3H3,(H,25,28). The molecule has 1 amide bonds. The Kier molecular flexibility index (Phi) is 6.83. The number of carbonyl (C=O) groups excluding carboxylic acids is 1. The maximum atomic E-state index is 12.6. The Hall–Kier alpha value is -2.50. The van der Waals surface area contributed by atoms with Crippen LogP contribution in [0.4, 0.5) is 0 Å². The SMILES string of the molecule is CCn1cc(C(C)NC(=O)c2ccc(COc3ccc(Cl)cc3Cl)cc2)c(C)n1. The van der Waals surface area contributed by atoms with Crippen LogP contribution in [0.2, 0.25) is 10.0 Å². The van der Waals surface area contributed by atoms with E-state index in [1.54, 1.807) is 30.3 Å². The first-order chi connectivity index (χ1) is 13.9. The number of aromatic nitrogens is 2. The van der Waals surface area contributed by atoms with Gasteiger partial charge in [-0.3, -0.25) is 9.48 Å². The molecule has 0 aliphatic heterocycles. The summed E-state index contributed by atoms with van der Waals surface area (Å²) in [4.78, 5) is 12.6. The minimum absolute atomic E-state index is 0.127. The lowest BCUT2D eigenvalue weighted by atomic mass is 10.1. The summed E-state index contributed by atoms with van der Waals surface area (Å²) in [6.07, 6.45) is 1.97. The normalized spacial score (nSPS) is 11.9. The van der Waals surface area contributed by atoms with Crippen molar-refractivity contribution in [3.05, 3.63) is 81.1 Å². The van der Waals surface area contributed by atoms with Crippen LogP contribution in [0, 0.1) is 6.92 Å². The molecular formula is C22H23Cl2N3O2. The highest BCUT2D eigenvalue weighted by atomic mass is 35.5. The first-order valence-electron chi connectivity index (χ1n) is 9.39. The summed E-state index contributed by atoms with van der Waals surface area (Å²) in [5.41, 5.74) is 3.46. The van der Waals surface area contributed by atoms with Gasteiger partial charge in [-0.15, -0.1) is 0 Å². The second kappa shape index (κ2) is 9.33. The summed E-state index contributed by atoms with van der Waals surface area (Å²) in [5.74, 6) is 0.434. The number of rotatable bonds is 7. The number of hydrogen-bond acceptors (Lipinski definition) is 3. The van der Waals surface area contributed by atoms with E-state index in [9.17, 15) is 4.79 Å². The molecule has 1 heterocycles. The molecule has 7 heteroatoms. The summed E-state index contributed by atoms with van der Waals surface area (Å²) in [6, 6.07) is 12.3. The maximum absolute atomic E-state index is 12.6. The molecule has 152 valence electrons. The van der Waals surface area contributed by atoms with Gasteiger partial charge in [0.15, 0.2) is 0 Å². The second-order valence-electron chi connectivity index (χ2n) is 6.78. The third-order valence-corrected chi connectivity index (χ3v) is 5.16. The van der Waals surface area contributed by atoms with Gasteiger partial charge in [0.2, 0.25) is 0 Å². The predicted octanol–water partition coefficient (Wildman–Crippen LogP) is 5.59. The highest BCUT2D eigenvalue weighted by molar-refractivity contribution is 6.35. The highest BCUT2D eigenvalue weighted by Crippen LogP contribution is 2.28. The van der Waals surface area contributed by atoms with Crippen molar-refractivity contribution in [1.29, 1.82) is 0 Å². The van der Waals surface area contributed by atoms with Gasteiger partial charge in [0.1, 0.15) is 12.4 Å². The molecule has 3 aromatic rings. The molecule has 1 atom stereocenters. The van der Waals surface area contributed by atoms with Gasteiger partial charge >= 0.3 is 0 Å². The number of benzene rings is 2. The predicted molar refractivity (Wildman–Crippen MR) is 116 cm³/mol. The lowest BCUT2D eigenvalue weighted by Crippen LogP contribution is -2.26. The molecule has 0 radical (unpaired) electrons. The highest BCUT2D eigenvalue weighted by Gasteiger charge is 2.16. The van der Waals surface area contributed by atoms with E-state index in [1.807, 2.05) is 43.8 Å². The van der Waals surface area contributed by atoms with Crippen LogP contribution >= 0.6 is 23.2 Å². The number of nitrogens with one attached hydrogen (secondary N) is 1. The number of carbonyl (C=O) groups is 1. The van der Waals surface area contributed by atoms with Crippen molar-refractivity contribution in [3.63, 3.8) is 0 Å². The summed E-state index contributed by atoms with van der Waals surface area (Å²) >= 11 is 12.0. The van der Waals surface area contributed by atoms with Crippen LogP contribution in [-0.4, -0.2) is 15.7 Å². The van der Waals surface area contributed by atoms with Gasteiger partial charge < -0.3 is 10.1 Å². The molecular weight excluding hydrogens is 409 g/mol. The van der Waals surface area contributed by atoms with Gasteiger partial charge in [-0.1, -0.05) is 35.3 Å². The first-order valence-corrected chi connectivity index (χ1v) is 10.1. The van der Waals surface area contributed by atoms with Crippen LogP contribution in [-0.2, 0) is 13.2 Å². The number of nitrogens with zero attached hydrogens (tertiary/aromatic N) is 2. The Bertz CT molecular complexity index is 1000. The summed E-state index contributed by atoms with van der Waals surface area (Å²) in [5, 5.41) is 8.48. The fraction of sp³-hybridized carbons (Fsp3) is 0.273. The van der Waals surface area contributed by atoms with Crippen molar-refractivity contribution in [2.45, 2.75) is 40.0 Å². The fourth-order valence-electron chi connectivity index (χ4n) is 2.98. The lowest BCUT2D eigenvalue weighted by molar-refractivity contribution is 0.0939. The van der Waals surface area contributed by atoms with E-state index in [4.69, 9.17) is 27.9 Å². The average Bonchev–Trinajstić information content (AvgIpc) is 3.08. The number of ether oxygens (including phenoxy) is 1. The topological polar surface area (TPSA) is 56.2 Å². The fourth-order valence-corrected chi connectivity index (χ4v) is 3.45. The molecule has 0 spiro atoms. The zero-order valence-electron chi connectivity index (χ0n) is 16.6. The minimum atomic E-state index is -0.130. The molecule has 1 unspecified atom stereocenters. The second-order valence-corrected chi connectivity index (χ2v) is 7.62. The zero-order valence-corrected chi connectivity index (χ0v) is 18.1. The van der Waals surface area contributed by atoms with Gasteiger partial charge in [-0.2, -0.15) is 5.10 Å². The first kappa shape index (κ1) is 21.2. The Morgan fingerprint density at radius 2 is 1.93 bits per heavy atom. The van der Waals surface area contributed by atoms with E-state index in [1.165, 1.54) is 0 Å². The quantitative estimate of drug-likeness (QED) is 0.530. The molecule has 0 aliphatic rings. The summed E-state index contributed by atoms with van der Waals surface area (Å²) in [6.45, 7) is 7.08. The minimum Gasteiger partial charge on any atom is -0.487 e. The average molecular weight is 432 g/mol. The molecule has 0 fully saturated rings. The zero-order chi connectivity index (χ0) is 21.0. The molecule has 0 saturated heterocycles. The van der Waals surface area contributed by atoms with E-state index in [0.717, 1.165) is 23.4 Å². The van der Waals surface area contributed by atoms with Gasteiger partial charge in [-0.25, -0.2) is 0 Å². The molecule has 0 aliphatic carbocycles. The van der Waals surface area contributed by atoms with E-state index >= 15 is 0 Å². The Balaban J connectivity index is 1.60. The van der Waals surface area contributed by atoms with Crippen molar-refractivity contribution >= 4 is 29.1 Å². The van der Waals surface area contributed by atoms with Gasteiger partial charge in [0.25, 0.3) is 5.91 Å². The Labute approximate surface area is 180 Å². The summed E-state index contributed by atoms with van der Waals surface area (Å²) in [7, 11) is 0. The van der Waals surface area contributed by atoms with Crippen molar-refractivity contribution < 1.29 is 9.53 Å². The number of hydrogen-bond donors (Lipinski definition) is 1. The van der Waals surface area contributed by atoms with Crippen LogP contribution in [0.5, 0.6) is 5.75 Å². The maximum Gasteiger partial charge on any atom is 0.251 e. The van der Waals surface area contributed by atoms with Crippen molar-refractivity contribution in [2.24, 2.45) is 0 Å². The molecule has 0 saturated carbocycles. The van der Waals surface area contributed by atoms with Crippen molar-refractivity contribution in [3.8, 4) is 5.75 Å². The lowest BCUT2D eigenvalue weighted by Gasteiger charge is -2.14. The van der Waals surface area contributed by atoms with Gasteiger partial charge in [0, 0.05) is 28.9 Å². The Morgan fingerprint density at radius 1 is 1.21 bits per heavy atom. The van der Waals surface area contributed by atoms with Crippen LogP contribution in [0.3, 0.4) is 0 Å². The van der Waals surface area contributed by atoms with Crippen LogP contribution in [0.25, 0.3) is 0 Å². The Morgan fingerprint density at radius 3 is 2.55 bits per heavy atom. The van der Waals surface area contributed by atoms with Crippen LogP contribution in [0.15, 0.2) is 48.7 Å². The molecule has 29 heavy (non-hydrogen) atoms. The van der Waals surface area contributed by atoms with Crippen LogP contribution < -0.4 is 10.1 Å². The summed E-state index contributed by atoms with van der Waals surface area (Å²) < 4.78 is 7.60. The van der Waals surface area contributed by atoms with Crippen molar-refractivity contribution in [1.82, 2.24) is 15.1 Å². The third-order valence-electron chi connectivity index (χ3n) is 4.63. The number of halogens is 2. The van der Waals surface area contributed by atoms with E-state index in [-0.39, 0.29) is 11.9 Å². The molecule has 3 rings (SSSR count). The van der Waals surface area contributed by atoms with Gasteiger partial charge in [-0.05, 0) is 56.7 Å². The van der Waals surface area contributed by atoms with Gasteiger partial charge in [0.05, 0.1) is 16.8 Å². The molecule has 1 aromatic heterocycles. The van der Waals surface area contributed by atoms with E-state index < -0.39 is 0 Å². The third kappa shape index (κ3) is 5.31. The smallest absolute Gasteiger partial charge is 0.251 e. The van der Waals surface area contributed by atoms with Crippen LogP contribution in [0.1, 0.15) is 47.1 Å². The number of amides is 1.